The highest BCUT2D eigenvalue weighted by atomic mass is 16.6. The second kappa shape index (κ2) is 2.22. The third-order valence-corrected chi connectivity index (χ3v) is 3.36. The standard InChI is InChI=1S/C9H14O3/c1-8(11)6-12-7(10)9(8)4-2-3-5-9/h11H,2-6H2,1H3. The first-order chi connectivity index (χ1) is 5.58. The fourth-order valence-corrected chi connectivity index (χ4v) is 2.42. The lowest BCUT2D eigenvalue weighted by molar-refractivity contribution is -0.148. The highest BCUT2D eigenvalue weighted by Gasteiger charge is 2.60. The molecule has 1 unspecified atom stereocenters. The number of esters is 1. The molecule has 0 aromatic heterocycles. The van der Waals surface area contributed by atoms with Gasteiger partial charge in [-0.1, -0.05) is 12.8 Å². The largest absolute Gasteiger partial charge is 0.462 e. The number of ether oxygens (including phenoxy) is 1. The maximum absolute atomic E-state index is 11.4. The Morgan fingerprint density at radius 3 is 2.42 bits per heavy atom. The Morgan fingerprint density at radius 2 is 2.00 bits per heavy atom. The number of rotatable bonds is 0. The quantitative estimate of drug-likeness (QED) is 0.548. The van der Waals surface area contributed by atoms with Crippen LogP contribution >= 0.6 is 0 Å². The van der Waals surface area contributed by atoms with Gasteiger partial charge in [0.1, 0.15) is 12.2 Å². The van der Waals surface area contributed by atoms with Crippen LogP contribution in [0.2, 0.25) is 0 Å². The molecular formula is C9H14O3. The van der Waals surface area contributed by atoms with Crippen molar-refractivity contribution in [3.05, 3.63) is 0 Å². The molecular weight excluding hydrogens is 156 g/mol. The van der Waals surface area contributed by atoms with Crippen molar-refractivity contribution in [1.82, 2.24) is 0 Å². The molecule has 0 radical (unpaired) electrons. The summed E-state index contributed by atoms with van der Waals surface area (Å²) in [6.07, 6.45) is 3.65. The molecule has 1 atom stereocenters. The van der Waals surface area contributed by atoms with Gasteiger partial charge in [0.25, 0.3) is 0 Å². The van der Waals surface area contributed by atoms with Crippen LogP contribution in [0.5, 0.6) is 0 Å². The maximum Gasteiger partial charge on any atom is 0.315 e. The number of hydrogen-bond acceptors (Lipinski definition) is 3. The molecule has 2 aliphatic rings. The fraction of sp³-hybridized carbons (Fsp3) is 0.889. The van der Waals surface area contributed by atoms with Crippen molar-refractivity contribution in [1.29, 1.82) is 0 Å². The van der Waals surface area contributed by atoms with Crippen LogP contribution in [0.1, 0.15) is 32.6 Å². The lowest BCUT2D eigenvalue weighted by Gasteiger charge is -2.30. The molecule has 1 aliphatic carbocycles. The summed E-state index contributed by atoms with van der Waals surface area (Å²) in [6.45, 7) is 1.88. The van der Waals surface area contributed by atoms with E-state index in [0.29, 0.717) is 0 Å². The third-order valence-electron chi connectivity index (χ3n) is 3.36. The number of aliphatic hydroxyl groups is 1. The Labute approximate surface area is 71.7 Å². The molecule has 1 N–H and O–H groups in total. The van der Waals surface area contributed by atoms with E-state index in [0.717, 1.165) is 25.7 Å². The van der Waals surface area contributed by atoms with E-state index in [-0.39, 0.29) is 12.6 Å². The summed E-state index contributed by atoms with van der Waals surface area (Å²) in [5.74, 6) is -0.190. The second-order valence-electron chi connectivity index (χ2n) is 4.14. The molecule has 0 amide bonds. The van der Waals surface area contributed by atoms with E-state index in [2.05, 4.69) is 0 Å². The zero-order chi connectivity index (χ0) is 8.82. The Morgan fingerprint density at radius 1 is 1.42 bits per heavy atom. The molecule has 2 fully saturated rings. The van der Waals surface area contributed by atoms with Gasteiger partial charge < -0.3 is 9.84 Å². The highest BCUT2D eigenvalue weighted by Crippen LogP contribution is 2.50. The zero-order valence-electron chi connectivity index (χ0n) is 7.30. The highest BCUT2D eigenvalue weighted by molar-refractivity contribution is 5.81. The van der Waals surface area contributed by atoms with Gasteiger partial charge in [-0.3, -0.25) is 4.79 Å². The van der Waals surface area contributed by atoms with Gasteiger partial charge in [-0.2, -0.15) is 0 Å². The number of carbonyl (C=O) groups is 1. The van der Waals surface area contributed by atoms with Crippen molar-refractivity contribution in [2.24, 2.45) is 5.41 Å². The Hall–Kier alpha value is -0.570. The molecule has 3 heteroatoms. The molecule has 1 spiro atoms. The first kappa shape index (κ1) is 8.05. The fourth-order valence-electron chi connectivity index (χ4n) is 2.42. The van der Waals surface area contributed by atoms with Gasteiger partial charge in [0.05, 0.1) is 5.41 Å². The molecule has 0 aromatic carbocycles. The van der Waals surface area contributed by atoms with Gasteiger partial charge in [-0.25, -0.2) is 0 Å². The average Bonchev–Trinajstić information content (AvgIpc) is 2.55. The van der Waals surface area contributed by atoms with E-state index in [1.165, 1.54) is 0 Å². The van der Waals surface area contributed by atoms with E-state index < -0.39 is 11.0 Å². The molecule has 12 heavy (non-hydrogen) atoms. The molecule has 2 rings (SSSR count). The predicted molar refractivity (Wildman–Crippen MR) is 42.5 cm³/mol. The van der Waals surface area contributed by atoms with Crippen molar-refractivity contribution in [3.63, 3.8) is 0 Å². The SMILES string of the molecule is CC1(O)COC(=O)C12CCCC2. The Bertz CT molecular complexity index is 214. The summed E-state index contributed by atoms with van der Waals surface area (Å²) in [7, 11) is 0. The van der Waals surface area contributed by atoms with Crippen molar-refractivity contribution in [2.75, 3.05) is 6.61 Å². The van der Waals surface area contributed by atoms with Crippen molar-refractivity contribution in [2.45, 2.75) is 38.2 Å². The summed E-state index contributed by atoms with van der Waals surface area (Å²) < 4.78 is 4.92. The molecule has 3 nitrogen and oxygen atoms in total. The van der Waals surface area contributed by atoms with Gasteiger partial charge in [0.15, 0.2) is 0 Å². The zero-order valence-corrected chi connectivity index (χ0v) is 7.30. The average molecular weight is 170 g/mol. The van der Waals surface area contributed by atoms with Crippen LogP contribution in [0.25, 0.3) is 0 Å². The molecule has 1 aliphatic heterocycles. The van der Waals surface area contributed by atoms with E-state index in [9.17, 15) is 9.90 Å². The number of hydrogen-bond donors (Lipinski definition) is 1. The van der Waals surface area contributed by atoms with Crippen LogP contribution in [0, 0.1) is 5.41 Å². The summed E-state index contributed by atoms with van der Waals surface area (Å²) in [6, 6.07) is 0. The first-order valence-electron chi connectivity index (χ1n) is 4.48. The van der Waals surface area contributed by atoms with Crippen LogP contribution in [0.3, 0.4) is 0 Å². The lowest BCUT2D eigenvalue weighted by atomic mass is 9.73. The number of carbonyl (C=O) groups excluding carboxylic acids is 1. The van der Waals surface area contributed by atoms with Gasteiger partial charge in [0.2, 0.25) is 0 Å². The summed E-state index contributed by atoms with van der Waals surface area (Å²) in [5, 5.41) is 9.97. The Kier molecular flexibility index (Phi) is 1.49. The van der Waals surface area contributed by atoms with Crippen molar-refractivity contribution < 1.29 is 14.6 Å². The summed E-state index contributed by atoms with van der Waals surface area (Å²) >= 11 is 0. The van der Waals surface area contributed by atoms with Gasteiger partial charge in [0, 0.05) is 0 Å². The van der Waals surface area contributed by atoms with Crippen LogP contribution in [-0.2, 0) is 9.53 Å². The topological polar surface area (TPSA) is 46.5 Å². The predicted octanol–water partition coefficient (Wildman–Crippen LogP) is 0.855. The Balaban J connectivity index is 2.36. The molecule has 0 bridgehead atoms. The van der Waals surface area contributed by atoms with Crippen LogP contribution in [-0.4, -0.2) is 23.3 Å². The van der Waals surface area contributed by atoms with Crippen molar-refractivity contribution >= 4 is 5.97 Å². The molecule has 1 saturated heterocycles. The minimum absolute atomic E-state index is 0.172. The first-order valence-corrected chi connectivity index (χ1v) is 4.48. The molecule has 68 valence electrons. The third kappa shape index (κ3) is 0.774. The molecule has 0 aromatic rings. The molecule has 1 saturated carbocycles. The van der Waals surface area contributed by atoms with Gasteiger partial charge >= 0.3 is 5.97 Å². The normalized spacial score (nSPS) is 39.0. The smallest absolute Gasteiger partial charge is 0.315 e. The van der Waals surface area contributed by atoms with Crippen molar-refractivity contribution in [3.8, 4) is 0 Å². The van der Waals surface area contributed by atoms with Gasteiger partial charge in [-0.15, -0.1) is 0 Å². The van der Waals surface area contributed by atoms with E-state index in [1.54, 1.807) is 6.92 Å². The maximum atomic E-state index is 11.4. The minimum atomic E-state index is -0.930. The van der Waals surface area contributed by atoms with E-state index in [4.69, 9.17) is 4.74 Å². The summed E-state index contributed by atoms with van der Waals surface area (Å²) in [5.41, 5.74) is -1.49. The van der Waals surface area contributed by atoms with Crippen LogP contribution < -0.4 is 0 Å². The van der Waals surface area contributed by atoms with E-state index in [1.807, 2.05) is 0 Å². The van der Waals surface area contributed by atoms with Gasteiger partial charge in [-0.05, 0) is 19.8 Å². The van der Waals surface area contributed by atoms with Crippen LogP contribution in [0.15, 0.2) is 0 Å². The minimum Gasteiger partial charge on any atom is -0.462 e. The van der Waals surface area contributed by atoms with E-state index >= 15 is 0 Å². The summed E-state index contributed by atoms with van der Waals surface area (Å²) in [4.78, 5) is 11.4. The second-order valence-corrected chi connectivity index (χ2v) is 4.14. The monoisotopic (exact) mass is 170 g/mol. The van der Waals surface area contributed by atoms with Crippen LogP contribution in [0.4, 0.5) is 0 Å². The number of cyclic esters (lactones) is 1. The molecule has 1 heterocycles. The lowest BCUT2D eigenvalue weighted by Crippen LogP contribution is -2.44.